The van der Waals surface area contributed by atoms with Crippen LogP contribution in [-0.2, 0) is 6.54 Å². The molecular weight excluding hydrogens is 222 g/mol. The first kappa shape index (κ1) is 9.42. The standard InChI is InChI=1S/C7H8ClN5S/c1-4-5(8)2-10-13(4)3-6-7(9)14-12-11-6/h2H,3,9H2,1H3. The average Bonchev–Trinajstić information content (AvgIpc) is 2.68. The molecule has 2 aromatic heterocycles. The van der Waals surface area contributed by atoms with E-state index < -0.39 is 0 Å². The molecular formula is C7H8ClN5S. The smallest absolute Gasteiger partial charge is 0.132 e. The highest BCUT2D eigenvalue weighted by Gasteiger charge is 2.09. The van der Waals surface area contributed by atoms with E-state index in [0.29, 0.717) is 16.6 Å². The molecule has 14 heavy (non-hydrogen) atoms. The maximum absolute atomic E-state index is 5.86. The highest BCUT2D eigenvalue weighted by atomic mass is 35.5. The number of hydrogen-bond donors (Lipinski definition) is 1. The number of nitrogens with two attached hydrogens (primary N) is 1. The minimum atomic E-state index is 0.515. The van der Waals surface area contributed by atoms with E-state index >= 15 is 0 Å². The van der Waals surface area contributed by atoms with Crippen LogP contribution in [0.4, 0.5) is 5.00 Å². The molecule has 0 saturated carbocycles. The molecule has 2 N–H and O–H groups in total. The first-order chi connectivity index (χ1) is 6.68. The predicted molar refractivity (Wildman–Crippen MR) is 55.4 cm³/mol. The van der Waals surface area contributed by atoms with E-state index in [1.54, 1.807) is 10.9 Å². The van der Waals surface area contributed by atoms with Crippen molar-refractivity contribution >= 4 is 28.1 Å². The fourth-order valence-electron chi connectivity index (χ4n) is 1.05. The third-order valence-electron chi connectivity index (χ3n) is 1.93. The molecule has 2 aromatic rings. The van der Waals surface area contributed by atoms with Gasteiger partial charge in [-0.15, -0.1) is 5.10 Å². The normalized spacial score (nSPS) is 10.7. The highest BCUT2D eigenvalue weighted by Crippen LogP contribution is 2.17. The van der Waals surface area contributed by atoms with E-state index in [-0.39, 0.29) is 0 Å². The topological polar surface area (TPSA) is 69.6 Å². The molecule has 2 rings (SSSR count). The molecule has 0 radical (unpaired) electrons. The fraction of sp³-hybridized carbons (Fsp3) is 0.286. The first-order valence-corrected chi connectivity index (χ1v) is 5.08. The Hall–Kier alpha value is -1.14. The minimum Gasteiger partial charge on any atom is -0.388 e. The summed E-state index contributed by atoms with van der Waals surface area (Å²) in [5.41, 5.74) is 7.30. The molecule has 0 aromatic carbocycles. The van der Waals surface area contributed by atoms with Crippen LogP contribution in [-0.4, -0.2) is 19.4 Å². The van der Waals surface area contributed by atoms with Gasteiger partial charge in [0.05, 0.1) is 23.5 Å². The molecule has 0 spiro atoms. The summed E-state index contributed by atoms with van der Waals surface area (Å²) in [5.74, 6) is 0. The number of nitrogen functional groups attached to an aromatic ring is 1. The Morgan fingerprint density at radius 1 is 1.64 bits per heavy atom. The molecule has 2 heterocycles. The Morgan fingerprint density at radius 3 is 2.93 bits per heavy atom. The van der Waals surface area contributed by atoms with Crippen molar-refractivity contribution in [2.24, 2.45) is 0 Å². The van der Waals surface area contributed by atoms with Crippen molar-refractivity contribution in [3.8, 4) is 0 Å². The Balaban J connectivity index is 2.27. The van der Waals surface area contributed by atoms with Gasteiger partial charge in [-0.3, -0.25) is 4.68 Å². The molecule has 7 heteroatoms. The quantitative estimate of drug-likeness (QED) is 0.844. The van der Waals surface area contributed by atoms with Gasteiger partial charge >= 0.3 is 0 Å². The third-order valence-corrected chi connectivity index (χ3v) is 2.89. The van der Waals surface area contributed by atoms with Gasteiger partial charge < -0.3 is 5.73 Å². The maximum atomic E-state index is 5.86. The lowest BCUT2D eigenvalue weighted by Gasteiger charge is -2.01. The second-order valence-corrected chi connectivity index (χ2v) is 4.01. The van der Waals surface area contributed by atoms with Gasteiger partial charge in [-0.05, 0) is 6.92 Å². The molecule has 0 aliphatic carbocycles. The molecule has 0 unspecified atom stereocenters. The van der Waals surface area contributed by atoms with Crippen molar-refractivity contribution in [3.63, 3.8) is 0 Å². The van der Waals surface area contributed by atoms with Crippen molar-refractivity contribution in [1.29, 1.82) is 0 Å². The maximum Gasteiger partial charge on any atom is 0.132 e. The number of nitrogens with zero attached hydrogens (tertiary/aromatic N) is 4. The first-order valence-electron chi connectivity index (χ1n) is 3.93. The van der Waals surface area contributed by atoms with E-state index in [1.165, 1.54) is 11.5 Å². The van der Waals surface area contributed by atoms with E-state index in [9.17, 15) is 0 Å². The van der Waals surface area contributed by atoms with Crippen LogP contribution < -0.4 is 5.73 Å². The van der Waals surface area contributed by atoms with Crippen molar-refractivity contribution < 1.29 is 0 Å². The molecule has 0 fully saturated rings. The Morgan fingerprint density at radius 2 is 2.43 bits per heavy atom. The lowest BCUT2D eigenvalue weighted by Crippen LogP contribution is -2.05. The van der Waals surface area contributed by atoms with E-state index in [1.807, 2.05) is 6.92 Å². The number of rotatable bonds is 2. The summed E-state index contributed by atoms with van der Waals surface area (Å²) in [6.07, 6.45) is 1.60. The zero-order chi connectivity index (χ0) is 10.1. The second kappa shape index (κ2) is 3.55. The van der Waals surface area contributed by atoms with Crippen LogP contribution in [0.5, 0.6) is 0 Å². The van der Waals surface area contributed by atoms with Gasteiger partial charge in [-0.25, -0.2) is 0 Å². The number of hydrogen-bond acceptors (Lipinski definition) is 5. The van der Waals surface area contributed by atoms with Gasteiger partial charge in [0.25, 0.3) is 0 Å². The molecule has 0 aliphatic heterocycles. The van der Waals surface area contributed by atoms with E-state index in [2.05, 4.69) is 14.7 Å². The largest absolute Gasteiger partial charge is 0.388 e. The van der Waals surface area contributed by atoms with Crippen LogP contribution in [0.25, 0.3) is 0 Å². The van der Waals surface area contributed by atoms with Gasteiger partial charge in [0.15, 0.2) is 0 Å². The summed E-state index contributed by atoms with van der Waals surface area (Å²) in [6.45, 7) is 2.41. The molecule has 0 saturated heterocycles. The Labute approximate surface area is 89.7 Å². The van der Waals surface area contributed by atoms with Gasteiger partial charge in [-0.1, -0.05) is 16.1 Å². The van der Waals surface area contributed by atoms with Crippen LogP contribution in [0.2, 0.25) is 5.02 Å². The fourth-order valence-corrected chi connectivity index (χ4v) is 1.63. The zero-order valence-electron chi connectivity index (χ0n) is 7.44. The van der Waals surface area contributed by atoms with Gasteiger partial charge in [-0.2, -0.15) is 5.10 Å². The Bertz CT molecular complexity index is 449. The molecule has 0 aliphatic rings. The van der Waals surface area contributed by atoms with E-state index in [0.717, 1.165) is 11.4 Å². The minimum absolute atomic E-state index is 0.515. The van der Waals surface area contributed by atoms with Crippen LogP contribution in [0.15, 0.2) is 6.20 Å². The van der Waals surface area contributed by atoms with Gasteiger partial charge in [0.1, 0.15) is 10.7 Å². The summed E-state index contributed by atoms with van der Waals surface area (Å²) in [6, 6.07) is 0. The molecule has 74 valence electrons. The summed E-state index contributed by atoms with van der Waals surface area (Å²) in [5, 5.41) is 9.26. The third kappa shape index (κ3) is 1.58. The molecule has 5 nitrogen and oxygen atoms in total. The summed E-state index contributed by atoms with van der Waals surface area (Å²) in [4.78, 5) is 0. The zero-order valence-corrected chi connectivity index (χ0v) is 9.01. The van der Waals surface area contributed by atoms with Crippen molar-refractivity contribution in [1.82, 2.24) is 19.4 Å². The van der Waals surface area contributed by atoms with Crippen molar-refractivity contribution in [3.05, 3.63) is 22.6 Å². The lowest BCUT2D eigenvalue weighted by molar-refractivity contribution is 0.652. The number of aromatic nitrogens is 4. The molecule has 0 bridgehead atoms. The van der Waals surface area contributed by atoms with Gasteiger partial charge in [0.2, 0.25) is 0 Å². The average molecular weight is 230 g/mol. The Kier molecular flexibility index (Phi) is 2.39. The van der Waals surface area contributed by atoms with Crippen LogP contribution in [0, 0.1) is 6.92 Å². The SMILES string of the molecule is Cc1c(Cl)cnn1Cc1nnsc1N. The second-order valence-electron chi connectivity index (χ2n) is 2.82. The van der Waals surface area contributed by atoms with E-state index in [4.69, 9.17) is 17.3 Å². The summed E-state index contributed by atoms with van der Waals surface area (Å²) >= 11 is 7.04. The summed E-state index contributed by atoms with van der Waals surface area (Å²) < 4.78 is 5.49. The van der Waals surface area contributed by atoms with Crippen LogP contribution in [0.3, 0.4) is 0 Å². The molecule has 0 atom stereocenters. The van der Waals surface area contributed by atoms with Crippen LogP contribution >= 0.6 is 23.1 Å². The number of anilines is 1. The predicted octanol–water partition coefficient (Wildman–Crippen LogP) is 1.33. The monoisotopic (exact) mass is 229 g/mol. The van der Waals surface area contributed by atoms with Crippen molar-refractivity contribution in [2.45, 2.75) is 13.5 Å². The number of halogens is 1. The van der Waals surface area contributed by atoms with Crippen molar-refractivity contribution in [2.75, 3.05) is 5.73 Å². The van der Waals surface area contributed by atoms with Gasteiger partial charge in [0, 0.05) is 11.5 Å². The molecule has 0 amide bonds. The summed E-state index contributed by atoms with van der Waals surface area (Å²) in [7, 11) is 0. The lowest BCUT2D eigenvalue weighted by atomic mass is 10.4. The van der Waals surface area contributed by atoms with Crippen LogP contribution in [0.1, 0.15) is 11.4 Å². The highest BCUT2D eigenvalue weighted by molar-refractivity contribution is 7.09.